The minimum atomic E-state index is -4.14. The highest BCUT2D eigenvalue weighted by Crippen LogP contribution is 2.36. The maximum absolute atomic E-state index is 11.7. The first-order valence-electron chi connectivity index (χ1n) is 8.56. The van der Waals surface area contributed by atoms with E-state index in [1.54, 1.807) is 23.5 Å². The summed E-state index contributed by atoms with van der Waals surface area (Å²) < 4.78 is 38.5. The Morgan fingerprint density at radius 1 is 1.00 bits per heavy atom. The molecule has 0 aliphatic rings. The summed E-state index contributed by atoms with van der Waals surface area (Å²) in [6.45, 7) is 4.34. The van der Waals surface area contributed by atoms with E-state index in [0.29, 0.717) is 25.0 Å². The lowest BCUT2D eigenvalue weighted by molar-refractivity contribution is 0.344. The van der Waals surface area contributed by atoms with Crippen molar-refractivity contribution < 1.29 is 17.7 Å². The van der Waals surface area contributed by atoms with Crippen LogP contribution >= 0.6 is 11.3 Å². The molecule has 0 aliphatic carbocycles. The van der Waals surface area contributed by atoms with E-state index in [0.717, 1.165) is 16.5 Å². The maximum atomic E-state index is 11.7. The average molecular weight is 393 g/mol. The van der Waals surface area contributed by atoms with E-state index in [-0.39, 0.29) is 0 Å². The first kappa shape index (κ1) is 20.4. The standard InChI is InChI=1S/C16H20O4S.C4H4S/c1-3-7-16(21(17,18)19)14-10-11-15(20-4-2)13-9-6-5-8-12(13)14;1-2-4-5-3-1/h5-6,8-11,16H,3-4,7H2,1-2H3,(H,17,18,19);1-4H. The van der Waals surface area contributed by atoms with Crippen molar-refractivity contribution in [2.24, 2.45) is 0 Å². The van der Waals surface area contributed by atoms with Gasteiger partial charge in [-0.1, -0.05) is 55.8 Å². The predicted molar refractivity (Wildman–Crippen MR) is 109 cm³/mol. The van der Waals surface area contributed by atoms with Gasteiger partial charge >= 0.3 is 0 Å². The van der Waals surface area contributed by atoms with Gasteiger partial charge in [0, 0.05) is 5.39 Å². The minimum absolute atomic E-state index is 0.386. The number of hydrogen-bond acceptors (Lipinski definition) is 4. The fraction of sp³-hybridized carbons (Fsp3) is 0.300. The molecular weight excluding hydrogens is 368 g/mol. The third-order valence-electron chi connectivity index (χ3n) is 3.90. The molecule has 140 valence electrons. The van der Waals surface area contributed by atoms with Gasteiger partial charge in [-0.3, -0.25) is 4.55 Å². The summed E-state index contributed by atoms with van der Waals surface area (Å²) in [5.74, 6) is 0.724. The Balaban J connectivity index is 0.000000417. The third-order valence-corrected chi connectivity index (χ3v) is 5.74. The van der Waals surface area contributed by atoms with E-state index in [1.807, 2.05) is 61.0 Å². The van der Waals surface area contributed by atoms with E-state index in [9.17, 15) is 13.0 Å². The van der Waals surface area contributed by atoms with Crippen LogP contribution in [0, 0.1) is 0 Å². The summed E-state index contributed by atoms with van der Waals surface area (Å²) in [6, 6.07) is 15.1. The van der Waals surface area contributed by atoms with Crippen molar-refractivity contribution in [3.63, 3.8) is 0 Å². The van der Waals surface area contributed by atoms with Gasteiger partial charge in [-0.15, -0.1) is 0 Å². The molecule has 1 aromatic heterocycles. The fourth-order valence-corrected chi connectivity index (χ4v) is 4.32. The largest absolute Gasteiger partial charge is 0.493 e. The summed E-state index contributed by atoms with van der Waals surface area (Å²) >= 11 is 1.71. The second-order valence-electron chi connectivity index (χ2n) is 5.72. The van der Waals surface area contributed by atoms with Crippen molar-refractivity contribution in [1.82, 2.24) is 0 Å². The molecule has 2 aromatic carbocycles. The first-order valence-corrected chi connectivity index (χ1v) is 11.0. The van der Waals surface area contributed by atoms with Crippen molar-refractivity contribution in [3.05, 3.63) is 64.9 Å². The van der Waals surface area contributed by atoms with Crippen molar-refractivity contribution in [3.8, 4) is 5.75 Å². The van der Waals surface area contributed by atoms with Crippen molar-refractivity contribution in [2.45, 2.75) is 31.9 Å². The zero-order chi connectivity index (χ0) is 19.0. The van der Waals surface area contributed by atoms with Crippen molar-refractivity contribution in [1.29, 1.82) is 0 Å². The van der Waals surface area contributed by atoms with Crippen LogP contribution in [0.3, 0.4) is 0 Å². The Hall–Kier alpha value is -1.89. The van der Waals surface area contributed by atoms with Gasteiger partial charge in [0.25, 0.3) is 10.1 Å². The molecule has 0 aliphatic heterocycles. The zero-order valence-electron chi connectivity index (χ0n) is 15.0. The summed E-state index contributed by atoms with van der Waals surface area (Å²) in [5.41, 5.74) is 0.624. The van der Waals surface area contributed by atoms with Gasteiger partial charge in [0.1, 0.15) is 11.0 Å². The highest BCUT2D eigenvalue weighted by atomic mass is 32.2. The number of hydrogen-bond donors (Lipinski definition) is 1. The molecule has 3 rings (SSSR count). The SMILES string of the molecule is CCCC(c1ccc(OCC)c2ccccc12)S(=O)(=O)O.c1ccsc1. The van der Waals surface area contributed by atoms with Gasteiger partial charge in [-0.25, -0.2) is 0 Å². The van der Waals surface area contributed by atoms with Crippen LogP contribution in [-0.2, 0) is 10.1 Å². The van der Waals surface area contributed by atoms with Crippen LogP contribution < -0.4 is 4.74 Å². The van der Waals surface area contributed by atoms with Crippen LogP contribution in [0.1, 0.15) is 37.5 Å². The molecule has 1 heterocycles. The molecule has 0 bridgehead atoms. The topological polar surface area (TPSA) is 63.6 Å². The molecular formula is C20H24O4S2. The number of thiophene rings is 1. The zero-order valence-corrected chi connectivity index (χ0v) is 16.6. The maximum Gasteiger partial charge on any atom is 0.272 e. The van der Waals surface area contributed by atoms with E-state index < -0.39 is 15.4 Å². The summed E-state index contributed by atoms with van der Waals surface area (Å²) in [6.07, 6.45) is 1.06. The van der Waals surface area contributed by atoms with E-state index in [1.165, 1.54) is 0 Å². The summed E-state index contributed by atoms with van der Waals surface area (Å²) in [5, 5.41) is 4.85. The van der Waals surface area contributed by atoms with Crippen LogP contribution in [0.5, 0.6) is 5.75 Å². The highest BCUT2D eigenvalue weighted by molar-refractivity contribution is 7.86. The molecule has 3 aromatic rings. The van der Waals surface area contributed by atoms with E-state index in [4.69, 9.17) is 4.74 Å². The van der Waals surface area contributed by atoms with Crippen LogP contribution in [0.15, 0.2) is 59.3 Å². The average Bonchev–Trinajstić information content (AvgIpc) is 3.20. The lowest BCUT2D eigenvalue weighted by atomic mass is 9.99. The highest BCUT2D eigenvalue weighted by Gasteiger charge is 2.26. The van der Waals surface area contributed by atoms with Gasteiger partial charge in [0.15, 0.2) is 0 Å². The van der Waals surface area contributed by atoms with Crippen LogP contribution in [0.2, 0.25) is 0 Å². The Labute approximate surface area is 159 Å². The van der Waals surface area contributed by atoms with Gasteiger partial charge in [-0.05, 0) is 41.1 Å². The molecule has 0 amide bonds. The molecule has 0 saturated carbocycles. The number of rotatable bonds is 6. The fourth-order valence-electron chi connectivity index (χ4n) is 2.81. The molecule has 1 atom stereocenters. The lowest BCUT2D eigenvalue weighted by Crippen LogP contribution is -2.12. The van der Waals surface area contributed by atoms with E-state index >= 15 is 0 Å². The van der Waals surface area contributed by atoms with Crippen LogP contribution in [0.4, 0.5) is 0 Å². The van der Waals surface area contributed by atoms with Crippen molar-refractivity contribution >= 4 is 32.2 Å². The van der Waals surface area contributed by atoms with Gasteiger partial charge in [-0.2, -0.15) is 19.8 Å². The van der Waals surface area contributed by atoms with Gasteiger partial charge < -0.3 is 4.74 Å². The van der Waals surface area contributed by atoms with Crippen molar-refractivity contribution in [2.75, 3.05) is 6.61 Å². The molecule has 1 unspecified atom stereocenters. The Morgan fingerprint density at radius 2 is 1.65 bits per heavy atom. The molecule has 1 N–H and O–H groups in total. The van der Waals surface area contributed by atoms with Crippen LogP contribution in [0.25, 0.3) is 10.8 Å². The third kappa shape index (κ3) is 5.30. The second-order valence-corrected chi connectivity index (χ2v) is 8.13. The smallest absolute Gasteiger partial charge is 0.272 e. The predicted octanol–water partition coefficient (Wildman–Crippen LogP) is 5.72. The number of fused-ring (bicyclic) bond motifs is 1. The number of ether oxygens (including phenoxy) is 1. The minimum Gasteiger partial charge on any atom is -0.493 e. The second kappa shape index (κ2) is 9.71. The first-order chi connectivity index (χ1) is 12.5. The van der Waals surface area contributed by atoms with Gasteiger partial charge in [0.05, 0.1) is 6.61 Å². The molecule has 0 saturated heterocycles. The van der Waals surface area contributed by atoms with Gasteiger partial charge in [0.2, 0.25) is 0 Å². The Bertz CT molecular complexity index is 885. The molecule has 26 heavy (non-hydrogen) atoms. The quantitative estimate of drug-likeness (QED) is 0.545. The molecule has 6 heteroatoms. The summed E-state index contributed by atoms with van der Waals surface area (Å²) in [4.78, 5) is 0. The molecule has 0 fully saturated rings. The lowest BCUT2D eigenvalue weighted by Gasteiger charge is -2.17. The molecule has 4 nitrogen and oxygen atoms in total. The monoisotopic (exact) mass is 392 g/mol. The van der Waals surface area contributed by atoms with E-state index in [2.05, 4.69) is 0 Å². The molecule has 0 spiro atoms. The Morgan fingerprint density at radius 3 is 2.15 bits per heavy atom. The normalized spacial score (nSPS) is 12.3. The number of benzene rings is 2. The summed E-state index contributed by atoms with van der Waals surface area (Å²) in [7, 11) is -4.14. The Kier molecular flexibility index (Phi) is 7.63. The van der Waals surface area contributed by atoms with Crippen LogP contribution in [-0.4, -0.2) is 19.6 Å². The molecule has 0 radical (unpaired) electrons.